The van der Waals surface area contributed by atoms with E-state index < -0.39 is 30.3 Å². The predicted octanol–water partition coefficient (Wildman–Crippen LogP) is -1.52. The molecule has 21 heavy (non-hydrogen) atoms. The molecule has 4 atom stereocenters. The van der Waals surface area contributed by atoms with Crippen LogP contribution in [-0.2, 0) is 16.0 Å². The van der Waals surface area contributed by atoms with Crippen molar-refractivity contribution in [2.24, 2.45) is 5.73 Å². The molecule has 2 unspecified atom stereocenters. The van der Waals surface area contributed by atoms with Crippen LogP contribution in [0.5, 0.6) is 0 Å². The summed E-state index contributed by atoms with van der Waals surface area (Å²) in [6.45, 7) is 0. The van der Waals surface area contributed by atoms with E-state index in [9.17, 15) is 14.7 Å². The molecule has 0 aromatic heterocycles. The molecule has 0 heterocycles. The average Bonchev–Trinajstić information content (AvgIpc) is 2.73. The van der Waals surface area contributed by atoms with Gasteiger partial charge in [-0.3, -0.25) is 0 Å². The zero-order valence-electron chi connectivity index (χ0n) is 11.0. The van der Waals surface area contributed by atoms with Crippen molar-refractivity contribution in [1.29, 1.82) is 0 Å². The number of carbonyl (C=O) groups is 2. The fourth-order valence-corrected chi connectivity index (χ4v) is 1.87. The smallest absolute Gasteiger partial charge is 0.335 e. The molecule has 1 aliphatic rings. The molecule has 1 aromatic rings. The van der Waals surface area contributed by atoms with Crippen molar-refractivity contribution in [2.75, 3.05) is 0 Å². The number of hydrogen-bond acceptors (Lipinski definition) is 6. The zero-order chi connectivity index (χ0) is 16.2. The second-order valence-corrected chi connectivity index (χ2v) is 4.58. The summed E-state index contributed by atoms with van der Waals surface area (Å²) >= 11 is 0. The third-order valence-electron chi connectivity index (χ3n) is 3.04. The molecule has 1 aliphatic carbocycles. The van der Waals surface area contributed by atoms with E-state index in [-0.39, 0.29) is 6.04 Å². The van der Waals surface area contributed by atoms with Crippen molar-refractivity contribution in [3.63, 3.8) is 0 Å². The maximum Gasteiger partial charge on any atom is 0.335 e. The largest absolute Gasteiger partial charge is 0.479 e. The Kier molecular flexibility index (Phi) is 5.79. The van der Waals surface area contributed by atoms with Gasteiger partial charge in [-0.15, -0.1) is 0 Å². The van der Waals surface area contributed by atoms with Crippen molar-refractivity contribution < 1.29 is 35.1 Å². The number of aliphatic carboxylic acids is 2. The number of nitrogens with two attached hydrogens (primary N) is 1. The molecule has 8 nitrogen and oxygen atoms in total. The number of rotatable bonds is 3. The lowest BCUT2D eigenvalue weighted by Crippen LogP contribution is -2.39. The Bertz CT molecular complexity index is 501. The van der Waals surface area contributed by atoms with E-state index in [2.05, 4.69) is 0 Å². The fraction of sp³-hybridized carbons (Fsp3) is 0.385. The maximum atomic E-state index is 9.77. The predicted molar refractivity (Wildman–Crippen MR) is 70.4 cm³/mol. The molecule has 0 saturated heterocycles. The third-order valence-corrected chi connectivity index (χ3v) is 3.04. The molecular formula is C13H17NO7. The lowest BCUT2D eigenvalue weighted by Gasteiger charge is -2.07. The van der Waals surface area contributed by atoms with Gasteiger partial charge in [0.25, 0.3) is 0 Å². The first-order chi connectivity index (χ1) is 9.75. The molecule has 2 rings (SSSR count). The maximum absolute atomic E-state index is 9.77. The van der Waals surface area contributed by atoms with Crippen LogP contribution >= 0.6 is 0 Å². The number of aliphatic hydroxyl groups excluding tert-OH is 3. The molecule has 0 fully saturated rings. The molecule has 0 radical (unpaired) electrons. The highest BCUT2D eigenvalue weighted by Crippen LogP contribution is 2.29. The molecule has 116 valence electrons. The number of aliphatic hydroxyl groups is 3. The van der Waals surface area contributed by atoms with Gasteiger partial charge in [0.1, 0.15) is 0 Å². The molecule has 0 spiro atoms. The van der Waals surface area contributed by atoms with E-state index in [0.29, 0.717) is 0 Å². The van der Waals surface area contributed by atoms with Gasteiger partial charge in [0.2, 0.25) is 0 Å². The van der Waals surface area contributed by atoms with Crippen LogP contribution in [0.1, 0.15) is 17.2 Å². The SMILES string of the molecule is N[C@@H]1Cc2ccccc2[C@@H]1O.O=C(O)C(O)C(O)C(=O)O. The normalized spacial score (nSPS) is 22.5. The highest BCUT2D eigenvalue weighted by molar-refractivity contribution is 5.83. The topological polar surface area (TPSA) is 161 Å². The summed E-state index contributed by atoms with van der Waals surface area (Å²) in [6.07, 6.45) is -4.18. The van der Waals surface area contributed by atoms with Crippen molar-refractivity contribution in [3.8, 4) is 0 Å². The van der Waals surface area contributed by atoms with Gasteiger partial charge in [-0.1, -0.05) is 24.3 Å². The fourth-order valence-electron chi connectivity index (χ4n) is 1.87. The van der Waals surface area contributed by atoms with E-state index in [1.54, 1.807) is 0 Å². The van der Waals surface area contributed by atoms with Gasteiger partial charge in [-0.05, 0) is 17.5 Å². The summed E-state index contributed by atoms with van der Waals surface area (Å²) in [5.41, 5.74) is 7.87. The van der Waals surface area contributed by atoms with Crippen LogP contribution in [0.15, 0.2) is 24.3 Å². The quantitative estimate of drug-likeness (QED) is 0.392. The molecule has 0 bridgehead atoms. The molecule has 7 N–H and O–H groups in total. The van der Waals surface area contributed by atoms with Crippen LogP contribution in [0.2, 0.25) is 0 Å². The summed E-state index contributed by atoms with van der Waals surface area (Å²) in [7, 11) is 0. The Morgan fingerprint density at radius 2 is 1.57 bits per heavy atom. The minimum absolute atomic E-state index is 0.104. The van der Waals surface area contributed by atoms with E-state index in [1.165, 1.54) is 5.56 Å². The monoisotopic (exact) mass is 299 g/mol. The molecule has 0 saturated carbocycles. The van der Waals surface area contributed by atoms with Gasteiger partial charge >= 0.3 is 11.9 Å². The summed E-state index contributed by atoms with van der Waals surface area (Å²) in [5, 5.41) is 42.1. The van der Waals surface area contributed by atoms with Crippen molar-refractivity contribution >= 4 is 11.9 Å². The number of benzene rings is 1. The van der Waals surface area contributed by atoms with Crippen molar-refractivity contribution in [3.05, 3.63) is 35.4 Å². The Morgan fingerprint density at radius 1 is 1.10 bits per heavy atom. The number of carboxylic acid groups (broad SMARTS) is 2. The summed E-state index contributed by atoms with van der Waals surface area (Å²) < 4.78 is 0. The first-order valence-electron chi connectivity index (χ1n) is 6.09. The van der Waals surface area contributed by atoms with Crippen molar-refractivity contribution in [1.82, 2.24) is 0 Å². The lowest BCUT2D eigenvalue weighted by atomic mass is 10.1. The van der Waals surface area contributed by atoms with Crippen LogP contribution in [-0.4, -0.2) is 55.7 Å². The van der Waals surface area contributed by atoms with Crippen LogP contribution in [0.4, 0.5) is 0 Å². The van der Waals surface area contributed by atoms with Crippen LogP contribution in [0.3, 0.4) is 0 Å². The van der Waals surface area contributed by atoms with Gasteiger partial charge in [0, 0.05) is 6.04 Å². The van der Waals surface area contributed by atoms with Crippen molar-refractivity contribution in [2.45, 2.75) is 30.8 Å². The van der Waals surface area contributed by atoms with Crippen LogP contribution < -0.4 is 5.73 Å². The average molecular weight is 299 g/mol. The highest BCUT2D eigenvalue weighted by Gasteiger charge is 2.29. The van der Waals surface area contributed by atoms with Gasteiger partial charge in [-0.25, -0.2) is 9.59 Å². The zero-order valence-corrected chi connectivity index (χ0v) is 11.0. The second kappa shape index (κ2) is 7.14. The van der Waals surface area contributed by atoms with E-state index >= 15 is 0 Å². The second-order valence-electron chi connectivity index (χ2n) is 4.58. The minimum atomic E-state index is -2.27. The van der Waals surface area contributed by atoms with Gasteiger partial charge < -0.3 is 31.3 Å². The molecule has 0 amide bonds. The van der Waals surface area contributed by atoms with Gasteiger partial charge in [0.05, 0.1) is 6.10 Å². The number of hydrogen-bond donors (Lipinski definition) is 6. The third kappa shape index (κ3) is 4.23. The first kappa shape index (κ1) is 17.1. The summed E-state index contributed by atoms with van der Waals surface area (Å²) in [5.74, 6) is -3.54. The van der Waals surface area contributed by atoms with Gasteiger partial charge in [-0.2, -0.15) is 0 Å². The lowest BCUT2D eigenvalue weighted by molar-refractivity contribution is -0.165. The summed E-state index contributed by atoms with van der Waals surface area (Å²) in [4.78, 5) is 19.5. The Morgan fingerprint density at radius 3 is 2.00 bits per heavy atom. The van der Waals surface area contributed by atoms with Crippen LogP contribution in [0.25, 0.3) is 0 Å². The molecule has 0 aliphatic heterocycles. The Balaban J connectivity index is 0.000000212. The standard InChI is InChI=1S/C9H11NO.C4H6O6/c10-8-5-6-3-1-2-4-7(6)9(8)11;5-1(3(7)8)2(6)4(9)10/h1-4,8-9,11H,5,10H2;1-2,5-6H,(H,7,8)(H,9,10)/t8-,9+;/m1./s1. The number of carboxylic acids is 2. The Hall–Kier alpha value is -2.00. The minimum Gasteiger partial charge on any atom is -0.479 e. The molecule has 8 heteroatoms. The van der Waals surface area contributed by atoms with Crippen LogP contribution in [0, 0.1) is 0 Å². The molecular weight excluding hydrogens is 282 g/mol. The van der Waals surface area contributed by atoms with E-state index in [4.69, 9.17) is 26.2 Å². The van der Waals surface area contributed by atoms with Gasteiger partial charge in [0.15, 0.2) is 12.2 Å². The van der Waals surface area contributed by atoms with E-state index in [0.717, 1.165) is 12.0 Å². The highest BCUT2D eigenvalue weighted by atomic mass is 16.4. The summed E-state index contributed by atoms with van der Waals surface area (Å²) in [6, 6.07) is 7.76. The first-order valence-corrected chi connectivity index (χ1v) is 6.09. The van der Waals surface area contributed by atoms with E-state index in [1.807, 2.05) is 24.3 Å². The Labute approximate surface area is 120 Å². The number of fused-ring (bicyclic) bond motifs is 1. The molecule has 1 aromatic carbocycles.